The molecule has 18 heavy (non-hydrogen) atoms. The Bertz CT molecular complexity index is 572. The topological polar surface area (TPSA) is 46.0 Å². The summed E-state index contributed by atoms with van der Waals surface area (Å²) < 4.78 is 2.04. The van der Waals surface area contributed by atoms with E-state index in [0.29, 0.717) is 0 Å². The minimum atomic E-state index is 0.0665. The Morgan fingerprint density at radius 3 is 2.94 bits per heavy atom. The van der Waals surface area contributed by atoms with E-state index in [1.165, 1.54) is 0 Å². The number of nitrogens with zero attached hydrogens (tertiary/aromatic N) is 4. The summed E-state index contributed by atoms with van der Waals surface area (Å²) in [7, 11) is 2.02. The number of imidazole rings is 1. The van der Waals surface area contributed by atoms with E-state index in [4.69, 9.17) is 0 Å². The highest BCUT2D eigenvalue weighted by Crippen LogP contribution is 2.28. The molecule has 2 aromatic heterocycles. The van der Waals surface area contributed by atoms with Gasteiger partial charge in [0.2, 0.25) is 0 Å². The van der Waals surface area contributed by atoms with Crippen LogP contribution in [0.5, 0.6) is 0 Å². The van der Waals surface area contributed by atoms with Crippen LogP contribution >= 0.6 is 0 Å². The first-order chi connectivity index (χ1) is 8.59. The van der Waals surface area contributed by atoms with Gasteiger partial charge in [0, 0.05) is 38.4 Å². The molecule has 0 radical (unpaired) electrons. The molecular formula is C13H19N5. The van der Waals surface area contributed by atoms with E-state index in [-0.39, 0.29) is 5.54 Å². The minimum absolute atomic E-state index is 0.0665. The van der Waals surface area contributed by atoms with Crippen LogP contribution in [0.15, 0.2) is 18.6 Å². The summed E-state index contributed by atoms with van der Waals surface area (Å²) in [5.74, 6) is 1.000. The van der Waals surface area contributed by atoms with E-state index >= 15 is 0 Å². The Hall–Kier alpha value is -1.62. The van der Waals surface area contributed by atoms with Gasteiger partial charge in [-0.15, -0.1) is 0 Å². The lowest BCUT2D eigenvalue weighted by molar-refractivity contribution is 0.378. The maximum Gasteiger partial charge on any atom is 0.157 e. The summed E-state index contributed by atoms with van der Waals surface area (Å²) in [4.78, 5) is 11.4. The molecule has 96 valence electrons. The third kappa shape index (κ3) is 1.66. The zero-order valence-electron chi connectivity index (χ0n) is 11.1. The average Bonchev–Trinajstić information content (AvgIpc) is 2.71. The van der Waals surface area contributed by atoms with Crippen molar-refractivity contribution in [1.29, 1.82) is 0 Å². The molecule has 0 spiro atoms. The number of aryl methyl sites for hydroxylation is 1. The van der Waals surface area contributed by atoms with E-state index in [9.17, 15) is 0 Å². The number of hydrogen-bond acceptors (Lipinski definition) is 4. The summed E-state index contributed by atoms with van der Waals surface area (Å²) in [5.41, 5.74) is 2.20. The first kappa shape index (κ1) is 11.5. The molecule has 0 saturated carbocycles. The molecule has 1 N–H and O–H groups in total. The fourth-order valence-electron chi connectivity index (χ4n) is 2.62. The molecule has 0 aliphatic carbocycles. The van der Waals surface area contributed by atoms with Crippen molar-refractivity contribution in [3.63, 3.8) is 0 Å². The molecule has 5 nitrogen and oxygen atoms in total. The lowest BCUT2D eigenvalue weighted by Gasteiger charge is -2.43. The van der Waals surface area contributed by atoms with Crippen molar-refractivity contribution >= 4 is 16.9 Å². The molecule has 1 aliphatic rings. The maximum absolute atomic E-state index is 4.56. The third-order valence-electron chi connectivity index (χ3n) is 3.68. The largest absolute Gasteiger partial charge is 0.347 e. The van der Waals surface area contributed by atoms with Crippen LogP contribution in [0.2, 0.25) is 0 Å². The molecule has 0 bridgehead atoms. The fourth-order valence-corrected chi connectivity index (χ4v) is 2.62. The van der Waals surface area contributed by atoms with E-state index in [1.54, 1.807) is 0 Å². The highest BCUT2D eigenvalue weighted by Gasteiger charge is 2.32. The molecule has 0 unspecified atom stereocenters. The maximum atomic E-state index is 4.56. The number of piperazine rings is 1. The van der Waals surface area contributed by atoms with Crippen molar-refractivity contribution in [3.8, 4) is 0 Å². The van der Waals surface area contributed by atoms with Gasteiger partial charge in [-0.2, -0.15) is 0 Å². The van der Waals surface area contributed by atoms with Crippen molar-refractivity contribution in [3.05, 3.63) is 18.6 Å². The predicted molar refractivity (Wildman–Crippen MR) is 72.8 cm³/mol. The number of pyridine rings is 1. The van der Waals surface area contributed by atoms with E-state index in [1.807, 2.05) is 30.2 Å². The fraction of sp³-hybridized carbons (Fsp3) is 0.538. The van der Waals surface area contributed by atoms with E-state index in [2.05, 4.69) is 34.0 Å². The summed E-state index contributed by atoms with van der Waals surface area (Å²) in [6.45, 7) is 7.41. The molecular weight excluding hydrogens is 226 g/mol. The van der Waals surface area contributed by atoms with Gasteiger partial charge in [-0.1, -0.05) is 0 Å². The second-order valence-electron chi connectivity index (χ2n) is 5.50. The van der Waals surface area contributed by atoms with Crippen molar-refractivity contribution < 1.29 is 0 Å². The Labute approximate surface area is 107 Å². The molecule has 1 aliphatic heterocycles. The minimum Gasteiger partial charge on any atom is -0.347 e. The second-order valence-corrected chi connectivity index (χ2v) is 5.50. The molecule has 1 fully saturated rings. The number of fused-ring (bicyclic) bond motifs is 1. The van der Waals surface area contributed by atoms with Gasteiger partial charge >= 0.3 is 0 Å². The van der Waals surface area contributed by atoms with Crippen molar-refractivity contribution in [1.82, 2.24) is 19.9 Å². The van der Waals surface area contributed by atoms with Crippen molar-refractivity contribution in [2.24, 2.45) is 7.05 Å². The van der Waals surface area contributed by atoms with Gasteiger partial charge in [0.25, 0.3) is 0 Å². The zero-order chi connectivity index (χ0) is 12.8. The Balaban J connectivity index is 2.13. The normalized spacial score (nSPS) is 19.4. The van der Waals surface area contributed by atoms with Crippen LogP contribution in [0.25, 0.3) is 11.0 Å². The zero-order valence-corrected chi connectivity index (χ0v) is 11.1. The lowest BCUT2D eigenvalue weighted by atomic mass is 10.00. The smallest absolute Gasteiger partial charge is 0.157 e. The molecule has 3 rings (SSSR count). The Morgan fingerprint density at radius 2 is 2.17 bits per heavy atom. The summed E-state index contributed by atoms with van der Waals surface area (Å²) >= 11 is 0. The molecule has 2 aromatic rings. The van der Waals surface area contributed by atoms with Gasteiger partial charge in [0.05, 0.1) is 11.8 Å². The van der Waals surface area contributed by atoms with E-state index in [0.717, 1.165) is 36.5 Å². The Kier molecular flexibility index (Phi) is 2.52. The number of anilines is 1. The lowest BCUT2D eigenvalue weighted by Crippen LogP contribution is -2.58. The standard InChI is InChI=1S/C13H19N5/c1-13(2)8-14-6-7-18(13)12-11-10(4-5-15-12)17(3)9-16-11/h4-5,9,14H,6-8H2,1-3H3. The van der Waals surface area contributed by atoms with Crippen LogP contribution in [0.3, 0.4) is 0 Å². The molecule has 0 atom stereocenters. The molecule has 1 saturated heterocycles. The van der Waals surface area contributed by atoms with Crippen LogP contribution in [0, 0.1) is 0 Å². The van der Waals surface area contributed by atoms with Gasteiger partial charge in [-0.3, -0.25) is 0 Å². The quantitative estimate of drug-likeness (QED) is 0.819. The summed E-state index contributed by atoms with van der Waals surface area (Å²) in [5, 5.41) is 3.43. The van der Waals surface area contributed by atoms with Crippen molar-refractivity contribution in [2.45, 2.75) is 19.4 Å². The molecule has 5 heteroatoms. The summed E-state index contributed by atoms with van der Waals surface area (Å²) in [6, 6.07) is 2.01. The third-order valence-corrected chi connectivity index (χ3v) is 3.68. The highest BCUT2D eigenvalue weighted by molar-refractivity contribution is 5.86. The van der Waals surface area contributed by atoms with Crippen LogP contribution < -0.4 is 10.2 Å². The second kappa shape index (κ2) is 3.95. The number of nitrogens with one attached hydrogen (secondary N) is 1. The number of hydrogen-bond donors (Lipinski definition) is 1. The SMILES string of the molecule is Cn1cnc2c(N3CCNCC3(C)C)nccc21. The average molecular weight is 245 g/mol. The Morgan fingerprint density at radius 1 is 1.33 bits per heavy atom. The molecule has 0 amide bonds. The first-order valence-corrected chi connectivity index (χ1v) is 6.34. The molecule has 0 aromatic carbocycles. The predicted octanol–water partition coefficient (Wildman–Crippen LogP) is 1.16. The summed E-state index contributed by atoms with van der Waals surface area (Å²) in [6.07, 6.45) is 3.72. The van der Waals surface area contributed by atoms with Crippen molar-refractivity contribution in [2.75, 3.05) is 24.5 Å². The van der Waals surface area contributed by atoms with Crippen LogP contribution in [-0.4, -0.2) is 39.7 Å². The molecule has 3 heterocycles. The van der Waals surface area contributed by atoms with Gasteiger partial charge < -0.3 is 14.8 Å². The van der Waals surface area contributed by atoms with Gasteiger partial charge in [0.1, 0.15) is 5.52 Å². The van der Waals surface area contributed by atoms with Gasteiger partial charge in [-0.25, -0.2) is 9.97 Å². The van der Waals surface area contributed by atoms with Gasteiger partial charge in [0.15, 0.2) is 5.82 Å². The first-order valence-electron chi connectivity index (χ1n) is 6.34. The van der Waals surface area contributed by atoms with Gasteiger partial charge in [-0.05, 0) is 19.9 Å². The van der Waals surface area contributed by atoms with Crippen LogP contribution in [0.4, 0.5) is 5.82 Å². The monoisotopic (exact) mass is 245 g/mol. The number of aromatic nitrogens is 3. The van der Waals surface area contributed by atoms with Crippen LogP contribution in [-0.2, 0) is 7.05 Å². The number of rotatable bonds is 1. The van der Waals surface area contributed by atoms with E-state index < -0.39 is 0 Å². The van der Waals surface area contributed by atoms with Crippen LogP contribution in [0.1, 0.15) is 13.8 Å². The highest BCUT2D eigenvalue weighted by atomic mass is 15.3.